The summed E-state index contributed by atoms with van der Waals surface area (Å²) in [4.78, 5) is 12.6. The molecule has 0 amide bonds. The van der Waals surface area contributed by atoms with E-state index in [4.69, 9.17) is 5.11 Å². The van der Waals surface area contributed by atoms with Crippen LogP contribution < -0.4 is 0 Å². The van der Waals surface area contributed by atoms with Crippen LogP contribution in [0.5, 0.6) is 0 Å². The molecule has 0 aromatic rings. The molecule has 0 radical (unpaired) electrons. The number of carboxylic acid groups (broad SMARTS) is 1. The van der Waals surface area contributed by atoms with Gasteiger partial charge < -0.3 is 5.11 Å². The second-order valence-corrected chi connectivity index (χ2v) is 3.97. The van der Waals surface area contributed by atoms with Crippen LogP contribution in [0.15, 0.2) is 0 Å². The Labute approximate surface area is 87.1 Å². The molecular weight excluding hydrogens is 178 g/mol. The van der Waals surface area contributed by atoms with Gasteiger partial charge in [-0.15, -0.1) is 0 Å². The number of carbonyl (C=O) groups is 1. The van der Waals surface area contributed by atoms with E-state index in [1.165, 1.54) is 6.42 Å². The number of hydrogen-bond donors (Lipinski definition) is 1. The Morgan fingerprint density at radius 2 is 2.00 bits per heavy atom. The number of nitrogens with zero attached hydrogens (tertiary/aromatic N) is 1. The summed E-state index contributed by atoms with van der Waals surface area (Å²) in [6.45, 7) is 8.46. The van der Waals surface area contributed by atoms with E-state index in [1.807, 2.05) is 4.90 Å². The Morgan fingerprint density at radius 3 is 2.43 bits per heavy atom. The van der Waals surface area contributed by atoms with Gasteiger partial charge in [-0.05, 0) is 31.8 Å². The van der Waals surface area contributed by atoms with Crippen LogP contribution in [0.3, 0.4) is 0 Å². The summed E-state index contributed by atoms with van der Waals surface area (Å²) in [7, 11) is 0. The van der Waals surface area contributed by atoms with Crippen molar-refractivity contribution in [2.24, 2.45) is 5.92 Å². The van der Waals surface area contributed by atoms with Crippen LogP contribution in [0.2, 0.25) is 0 Å². The van der Waals surface area contributed by atoms with E-state index in [2.05, 4.69) is 20.8 Å². The van der Waals surface area contributed by atoms with Crippen molar-refractivity contribution in [2.45, 2.75) is 40.0 Å². The van der Waals surface area contributed by atoms with Gasteiger partial charge in [0.25, 0.3) is 0 Å². The maximum absolute atomic E-state index is 10.6. The van der Waals surface area contributed by atoms with Crippen LogP contribution in [-0.4, -0.2) is 35.6 Å². The maximum Gasteiger partial charge on any atom is 0.317 e. The van der Waals surface area contributed by atoms with E-state index in [1.54, 1.807) is 0 Å². The molecule has 0 saturated heterocycles. The Bertz CT molecular complexity index is 159. The van der Waals surface area contributed by atoms with Crippen molar-refractivity contribution in [3.63, 3.8) is 0 Å². The van der Waals surface area contributed by atoms with Gasteiger partial charge in [-0.2, -0.15) is 0 Å². The summed E-state index contributed by atoms with van der Waals surface area (Å²) < 4.78 is 0. The minimum atomic E-state index is -0.720. The highest BCUT2D eigenvalue weighted by molar-refractivity contribution is 5.69. The summed E-state index contributed by atoms with van der Waals surface area (Å²) in [6, 6.07) is 0. The number of carboxylic acids is 1. The molecule has 14 heavy (non-hydrogen) atoms. The third-order valence-electron chi connectivity index (χ3n) is 2.53. The molecule has 3 heteroatoms. The van der Waals surface area contributed by atoms with Crippen molar-refractivity contribution in [1.82, 2.24) is 4.90 Å². The molecule has 84 valence electrons. The minimum absolute atomic E-state index is 0.185. The number of rotatable bonds is 8. The molecule has 0 aliphatic heterocycles. The molecule has 0 bridgehead atoms. The highest BCUT2D eigenvalue weighted by atomic mass is 16.4. The first-order valence-electron chi connectivity index (χ1n) is 5.54. The Morgan fingerprint density at radius 1 is 1.36 bits per heavy atom. The first-order valence-corrected chi connectivity index (χ1v) is 5.54. The summed E-state index contributed by atoms with van der Waals surface area (Å²) in [5, 5.41) is 8.69. The van der Waals surface area contributed by atoms with Gasteiger partial charge >= 0.3 is 5.97 Å². The summed E-state index contributed by atoms with van der Waals surface area (Å²) in [5.41, 5.74) is 0. The fraction of sp³-hybridized carbons (Fsp3) is 0.909. The lowest BCUT2D eigenvalue weighted by atomic mass is 10.1. The van der Waals surface area contributed by atoms with E-state index in [-0.39, 0.29) is 6.54 Å². The standard InChI is InChI=1S/C11H23NO2/c1-4-7-12(9-11(13)14)8-6-10(3)5-2/h10H,4-9H2,1-3H3,(H,13,14). The zero-order chi connectivity index (χ0) is 11.0. The fourth-order valence-electron chi connectivity index (χ4n) is 1.38. The molecule has 0 heterocycles. The topological polar surface area (TPSA) is 40.5 Å². The SMILES string of the molecule is CCCN(CCC(C)CC)CC(=O)O. The van der Waals surface area contributed by atoms with Crippen molar-refractivity contribution >= 4 is 5.97 Å². The summed E-state index contributed by atoms with van der Waals surface area (Å²) >= 11 is 0. The molecule has 0 aliphatic rings. The smallest absolute Gasteiger partial charge is 0.317 e. The maximum atomic E-state index is 10.6. The lowest BCUT2D eigenvalue weighted by Gasteiger charge is -2.20. The van der Waals surface area contributed by atoms with Crippen LogP contribution in [0.4, 0.5) is 0 Å². The zero-order valence-corrected chi connectivity index (χ0v) is 9.62. The molecule has 0 saturated carbocycles. The quantitative estimate of drug-likeness (QED) is 0.654. The lowest BCUT2D eigenvalue weighted by molar-refractivity contribution is -0.138. The average Bonchev–Trinajstić information content (AvgIpc) is 2.13. The fourth-order valence-corrected chi connectivity index (χ4v) is 1.38. The van der Waals surface area contributed by atoms with Crippen molar-refractivity contribution < 1.29 is 9.90 Å². The van der Waals surface area contributed by atoms with Gasteiger partial charge in [-0.1, -0.05) is 27.2 Å². The average molecular weight is 201 g/mol. The van der Waals surface area contributed by atoms with Gasteiger partial charge in [0.1, 0.15) is 0 Å². The molecule has 0 aromatic heterocycles. The Hall–Kier alpha value is -0.570. The summed E-state index contributed by atoms with van der Waals surface area (Å²) in [6.07, 6.45) is 3.30. The van der Waals surface area contributed by atoms with Crippen molar-refractivity contribution in [2.75, 3.05) is 19.6 Å². The monoisotopic (exact) mass is 201 g/mol. The lowest BCUT2D eigenvalue weighted by Crippen LogP contribution is -2.32. The third-order valence-corrected chi connectivity index (χ3v) is 2.53. The number of aliphatic carboxylic acids is 1. The van der Waals surface area contributed by atoms with Crippen molar-refractivity contribution in [3.8, 4) is 0 Å². The first kappa shape index (κ1) is 13.4. The predicted molar refractivity (Wildman–Crippen MR) is 58.4 cm³/mol. The molecule has 0 aromatic carbocycles. The van der Waals surface area contributed by atoms with Gasteiger partial charge in [-0.3, -0.25) is 9.69 Å². The van der Waals surface area contributed by atoms with Crippen molar-refractivity contribution in [1.29, 1.82) is 0 Å². The Balaban J connectivity index is 3.77. The molecule has 0 fully saturated rings. The number of hydrogen-bond acceptors (Lipinski definition) is 2. The van der Waals surface area contributed by atoms with E-state index < -0.39 is 5.97 Å². The van der Waals surface area contributed by atoms with Crippen molar-refractivity contribution in [3.05, 3.63) is 0 Å². The van der Waals surface area contributed by atoms with Crippen LogP contribution in [-0.2, 0) is 4.79 Å². The zero-order valence-electron chi connectivity index (χ0n) is 9.62. The van der Waals surface area contributed by atoms with Gasteiger partial charge in [-0.25, -0.2) is 0 Å². The molecule has 1 unspecified atom stereocenters. The highest BCUT2D eigenvalue weighted by Gasteiger charge is 2.09. The van der Waals surface area contributed by atoms with Gasteiger partial charge in [0.15, 0.2) is 0 Å². The van der Waals surface area contributed by atoms with Gasteiger partial charge in [0.2, 0.25) is 0 Å². The van der Waals surface area contributed by atoms with Crippen LogP contribution in [0, 0.1) is 5.92 Å². The normalized spacial score (nSPS) is 13.1. The Kier molecular flexibility index (Phi) is 7.48. The summed E-state index contributed by atoms with van der Waals surface area (Å²) in [5.74, 6) is -0.0225. The minimum Gasteiger partial charge on any atom is -0.480 e. The first-order chi connectivity index (χ1) is 6.60. The molecular formula is C11H23NO2. The van der Waals surface area contributed by atoms with E-state index >= 15 is 0 Å². The second-order valence-electron chi connectivity index (χ2n) is 3.97. The van der Waals surface area contributed by atoms with Crippen LogP contribution in [0.1, 0.15) is 40.0 Å². The third kappa shape index (κ3) is 6.89. The van der Waals surface area contributed by atoms with Crippen LogP contribution in [0.25, 0.3) is 0 Å². The predicted octanol–water partition coefficient (Wildman–Crippen LogP) is 2.22. The van der Waals surface area contributed by atoms with E-state index in [0.29, 0.717) is 5.92 Å². The highest BCUT2D eigenvalue weighted by Crippen LogP contribution is 2.07. The largest absolute Gasteiger partial charge is 0.480 e. The molecule has 0 spiro atoms. The molecule has 1 atom stereocenters. The van der Waals surface area contributed by atoms with E-state index in [9.17, 15) is 4.79 Å². The molecule has 3 nitrogen and oxygen atoms in total. The molecule has 0 aliphatic carbocycles. The molecule has 0 rings (SSSR count). The van der Waals surface area contributed by atoms with Gasteiger partial charge in [0, 0.05) is 0 Å². The molecule has 1 N–H and O–H groups in total. The second kappa shape index (κ2) is 7.80. The van der Waals surface area contributed by atoms with Gasteiger partial charge in [0.05, 0.1) is 6.54 Å². The van der Waals surface area contributed by atoms with E-state index in [0.717, 1.165) is 25.9 Å². The van der Waals surface area contributed by atoms with Crippen LogP contribution >= 0.6 is 0 Å².